The van der Waals surface area contributed by atoms with Crippen LogP contribution >= 0.6 is 15.9 Å². The van der Waals surface area contributed by atoms with Gasteiger partial charge >= 0.3 is 6.18 Å². The Morgan fingerprint density at radius 3 is 2.56 bits per heavy atom. The summed E-state index contributed by atoms with van der Waals surface area (Å²) in [5.74, 6) is 0. The van der Waals surface area contributed by atoms with E-state index in [1.54, 1.807) is 6.07 Å². The van der Waals surface area contributed by atoms with E-state index in [1.807, 2.05) is 0 Å². The van der Waals surface area contributed by atoms with E-state index in [9.17, 15) is 13.2 Å². The van der Waals surface area contributed by atoms with Gasteiger partial charge in [0.25, 0.3) is 0 Å². The zero-order chi connectivity index (χ0) is 11.8. The van der Waals surface area contributed by atoms with Gasteiger partial charge in [-0.3, -0.25) is 4.57 Å². The molecule has 84 valence electrons. The number of imidazole rings is 1. The van der Waals surface area contributed by atoms with Crippen molar-refractivity contribution in [3.63, 3.8) is 0 Å². The molecule has 0 aliphatic heterocycles. The molecule has 0 atom stereocenters. The summed E-state index contributed by atoms with van der Waals surface area (Å²) >= 11 is 3.20. The van der Waals surface area contributed by atoms with Crippen LogP contribution < -0.4 is 0 Å². The zero-order valence-corrected chi connectivity index (χ0v) is 9.46. The Bertz CT molecular complexity index is 505. The Morgan fingerprint density at radius 1 is 1.25 bits per heavy atom. The molecular formula is C10H6BrF3N2. The van der Waals surface area contributed by atoms with Crippen LogP contribution in [0.3, 0.4) is 0 Å². The maximum Gasteiger partial charge on any atom is 0.416 e. The highest BCUT2D eigenvalue weighted by molar-refractivity contribution is 9.10. The van der Waals surface area contributed by atoms with E-state index >= 15 is 0 Å². The highest BCUT2D eigenvalue weighted by Crippen LogP contribution is 2.30. The first kappa shape index (κ1) is 11.2. The molecule has 6 heteroatoms. The highest BCUT2D eigenvalue weighted by atomic mass is 79.9. The van der Waals surface area contributed by atoms with E-state index < -0.39 is 11.7 Å². The Morgan fingerprint density at radius 2 is 2.00 bits per heavy atom. The molecule has 1 aromatic carbocycles. The molecular weight excluding hydrogens is 285 g/mol. The van der Waals surface area contributed by atoms with Gasteiger partial charge in [-0.05, 0) is 34.1 Å². The molecule has 1 heterocycles. The fourth-order valence-electron chi connectivity index (χ4n) is 1.30. The van der Waals surface area contributed by atoms with Gasteiger partial charge in [-0.1, -0.05) is 6.07 Å². The van der Waals surface area contributed by atoms with Gasteiger partial charge in [-0.2, -0.15) is 13.2 Å². The van der Waals surface area contributed by atoms with E-state index in [4.69, 9.17) is 0 Å². The number of aromatic nitrogens is 2. The van der Waals surface area contributed by atoms with Gasteiger partial charge in [0, 0.05) is 5.69 Å². The Kier molecular flexibility index (Phi) is 2.75. The van der Waals surface area contributed by atoms with Crippen molar-refractivity contribution in [2.45, 2.75) is 6.18 Å². The summed E-state index contributed by atoms with van der Waals surface area (Å²) in [6, 6.07) is 5.06. The van der Waals surface area contributed by atoms with E-state index in [0.717, 1.165) is 12.1 Å². The summed E-state index contributed by atoms with van der Waals surface area (Å²) in [4.78, 5) is 3.82. The average Bonchev–Trinajstić information content (AvgIpc) is 2.63. The second-order valence-electron chi connectivity index (χ2n) is 3.13. The molecule has 2 rings (SSSR count). The molecule has 0 radical (unpaired) electrons. The normalized spacial score (nSPS) is 11.8. The van der Waals surface area contributed by atoms with Crippen molar-refractivity contribution in [2.75, 3.05) is 0 Å². The van der Waals surface area contributed by atoms with Gasteiger partial charge in [0.2, 0.25) is 0 Å². The minimum absolute atomic E-state index is 0.416. The standard InChI is InChI=1S/C10H6BrF3N2/c11-9-5-15-6-16(9)8-3-1-2-7(4-8)10(12,13)14/h1-6H. The van der Waals surface area contributed by atoms with Crippen LogP contribution in [0.4, 0.5) is 13.2 Å². The van der Waals surface area contributed by atoms with Gasteiger partial charge in [0.15, 0.2) is 0 Å². The van der Waals surface area contributed by atoms with Gasteiger partial charge in [-0.15, -0.1) is 0 Å². The first-order valence-electron chi connectivity index (χ1n) is 4.34. The van der Waals surface area contributed by atoms with Crippen LogP contribution in [0.2, 0.25) is 0 Å². The van der Waals surface area contributed by atoms with Crippen LogP contribution in [-0.2, 0) is 6.18 Å². The highest BCUT2D eigenvalue weighted by Gasteiger charge is 2.30. The maximum absolute atomic E-state index is 12.5. The monoisotopic (exact) mass is 290 g/mol. The third-order valence-corrected chi connectivity index (χ3v) is 2.63. The van der Waals surface area contributed by atoms with Gasteiger partial charge in [0.05, 0.1) is 11.8 Å². The van der Waals surface area contributed by atoms with Crippen molar-refractivity contribution in [1.82, 2.24) is 9.55 Å². The second kappa shape index (κ2) is 3.93. The lowest BCUT2D eigenvalue weighted by Gasteiger charge is -2.09. The maximum atomic E-state index is 12.5. The lowest BCUT2D eigenvalue weighted by molar-refractivity contribution is -0.137. The quantitative estimate of drug-likeness (QED) is 0.784. The molecule has 1 aromatic heterocycles. The molecule has 16 heavy (non-hydrogen) atoms. The predicted octanol–water partition coefficient (Wildman–Crippen LogP) is 3.65. The summed E-state index contributed by atoms with van der Waals surface area (Å²) in [7, 11) is 0. The second-order valence-corrected chi connectivity index (χ2v) is 3.95. The Labute approximate surface area is 97.9 Å². The molecule has 0 amide bonds. The first-order chi connectivity index (χ1) is 7.48. The smallest absolute Gasteiger partial charge is 0.293 e. The molecule has 2 aromatic rings. The van der Waals surface area contributed by atoms with Crippen molar-refractivity contribution in [3.05, 3.63) is 47.0 Å². The molecule has 0 aliphatic rings. The van der Waals surface area contributed by atoms with Crippen LogP contribution in [0.1, 0.15) is 5.56 Å². The molecule has 0 unspecified atom stereocenters. The van der Waals surface area contributed by atoms with Crippen LogP contribution in [-0.4, -0.2) is 9.55 Å². The summed E-state index contributed by atoms with van der Waals surface area (Å²) < 4.78 is 39.5. The third-order valence-electron chi connectivity index (χ3n) is 2.04. The van der Waals surface area contributed by atoms with E-state index in [2.05, 4.69) is 20.9 Å². The SMILES string of the molecule is FC(F)(F)c1cccc(-n2cncc2Br)c1. The van der Waals surface area contributed by atoms with Crippen LogP contribution in [0, 0.1) is 0 Å². The Hall–Kier alpha value is -1.30. The molecule has 0 fully saturated rings. The Balaban J connectivity index is 2.49. The predicted molar refractivity (Wildman–Crippen MR) is 56.3 cm³/mol. The number of rotatable bonds is 1. The van der Waals surface area contributed by atoms with Crippen molar-refractivity contribution in [3.8, 4) is 5.69 Å². The van der Waals surface area contributed by atoms with E-state index in [0.29, 0.717) is 10.3 Å². The lowest BCUT2D eigenvalue weighted by atomic mass is 10.2. The minimum Gasteiger partial charge on any atom is -0.293 e. The molecule has 0 saturated carbocycles. The minimum atomic E-state index is -4.33. The van der Waals surface area contributed by atoms with Gasteiger partial charge < -0.3 is 0 Å². The summed E-state index contributed by atoms with van der Waals surface area (Å²) in [5, 5.41) is 0. The summed E-state index contributed by atoms with van der Waals surface area (Å²) in [6.45, 7) is 0. The van der Waals surface area contributed by atoms with Gasteiger partial charge in [-0.25, -0.2) is 4.98 Å². The molecule has 0 aliphatic carbocycles. The number of hydrogen-bond acceptors (Lipinski definition) is 1. The number of alkyl halides is 3. The lowest BCUT2D eigenvalue weighted by Crippen LogP contribution is -2.05. The summed E-state index contributed by atoms with van der Waals surface area (Å²) in [5.41, 5.74) is -0.259. The van der Waals surface area contributed by atoms with E-state index in [-0.39, 0.29) is 0 Å². The number of nitrogens with zero attached hydrogens (tertiary/aromatic N) is 2. The topological polar surface area (TPSA) is 17.8 Å². The van der Waals surface area contributed by atoms with Crippen molar-refractivity contribution < 1.29 is 13.2 Å². The molecule has 0 spiro atoms. The number of benzene rings is 1. The van der Waals surface area contributed by atoms with Crippen molar-refractivity contribution in [2.24, 2.45) is 0 Å². The molecule has 0 bridgehead atoms. The first-order valence-corrected chi connectivity index (χ1v) is 5.13. The van der Waals surface area contributed by atoms with Crippen LogP contribution in [0.25, 0.3) is 5.69 Å². The van der Waals surface area contributed by atoms with Gasteiger partial charge in [0.1, 0.15) is 10.9 Å². The average molecular weight is 291 g/mol. The number of halogens is 4. The van der Waals surface area contributed by atoms with Crippen LogP contribution in [0.5, 0.6) is 0 Å². The van der Waals surface area contributed by atoms with E-state index in [1.165, 1.54) is 23.2 Å². The molecule has 0 saturated heterocycles. The number of hydrogen-bond donors (Lipinski definition) is 0. The molecule has 0 N–H and O–H groups in total. The van der Waals surface area contributed by atoms with Crippen LogP contribution in [0.15, 0.2) is 41.4 Å². The molecule has 2 nitrogen and oxygen atoms in total. The third kappa shape index (κ3) is 2.11. The largest absolute Gasteiger partial charge is 0.416 e. The fourth-order valence-corrected chi connectivity index (χ4v) is 1.72. The fraction of sp³-hybridized carbons (Fsp3) is 0.100. The summed E-state index contributed by atoms with van der Waals surface area (Å²) in [6.07, 6.45) is -1.37. The zero-order valence-electron chi connectivity index (χ0n) is 7.87. The van der Waals surface area contributed by atoms with Crippen molar-refractivity contribution >= 4 is 15.9 Å². The van der Waals surface area contributed by atoms with Crippen molar-refractivity contribution in [1.29, 1.82) is 0 Å².